The fourth-order valence-corrected chi connectivity index (χ4v) is 3.73. The summed E-state index contributed by atoms with van der Waals surface area (Å²) < 4.78 is 7.02. The van der Waals surface area contributed by atoms with Gasteiger partial charge in [-0.2, -0.15) is 5.10 Å². The molecule has 0 fully saturated rings. The molecule has 0 bridgehead atoms. The normalized spacial score (nSPS) is 12.2. The second kappa shape index (κ2) is 10.4. The van der Waals surface area contributed by atoms with Crippen LogP contribution in [0.1, 0.15) is 36.8 Å². The molecular weight excluding hydrogens is 440 g/mol. The van der Waals surface area contributed by atoms with Gasteiger partial charge in [0.2, 0.25) is 11.8 Å². The molecular formula is C25H27ClN4O3. The Labute approximate surface area is 198 Å². The molecule has 2 N–H and O–H groups in total. The Morgan fingerprint density at radius 3 is 2.48 bits per heavy atom. The Hall–Kier alpha value is -3.58. The molecule has 0 saturated carbocycles. The Bertz CT molecular complexity index is 1220. The first-order chi connectivity index (χ1) is 15.7. The zero-order valence-corrected chi connectivity index (χ0v) is 20.0. The lowest BCUT2D eigenvalue weighted by Gasteiger charge is -2.15. The third-order valence-electron chi connectivity index (χ3n) is 5.16. The van der Waals surface area contributed by atoms with Gasteiger partial charge in [0.25, 0.3) is 0 Å². The van der Waals surface area contributed by atoms with E-state index in [9.17, 15) is 9.59 Å². The van der Waals surface area contributed by atoms with Crippen molar-refractivity contribution in [3.05, 3.63) is 76.6 Å². The number of aromatic nitrogens is 2. The largest absolute Gasteiger partial charge is 0.496 e. The van der Waals surface area contributed by atoms with Crippen LogP contribution in [0.15, 0.2) is 54.6 Å². The zero-order chi connectivity index (χ0) is 24.1. The van der Waals surface area contributed by atoms with Gasteiger partial charge >= 0.3 is 0 Å². The molecule has 0 aliphatic rings. The predicted octanol–water partition coefficient (Wildman–Crippen LogP) is 5.40. The van der Waals surface area contributed by atoms with Crippen LogP contribution in [0.4, 0.5) is 11.4 Å². The van der Waals surface area contributed by atoms with E-state index in [0.717, 1.165) is 22.5 Å². The summed E-state index contributed by atoms with van der Waals surface area (Å²) in [6.45, 7) is 7.39. The van der Waals surface area contributed by atoms with Gasteiger partial charge in [-0.1, -0.05) is 29.8 Å². The van der Waals surface area contributed by atoms with Crippen LogP contribution in [0.3, 0.4) is 0 Å². The SMILES string of the molecule is COc1ccccc1C(C)=CC(=O)Nc1ccc(NC(=O)C(C)n2nc(C)cc2C)c(Cl)c1. The quantitative estimate of drug-likeness (QED) is 0.456. The average molecular weight is 467 g/mol. The first kappa shape index (κ1) is 24.1. The van der Waals surface area contributed by atoms with Gasteiger partial charge in [0, 0.05) is 23.0 Å². The van der Waals surface area contributed by atoms with Crippen LogP contribution in [-0.4, -0.2) is 28.7 Å². The van der Waals surface area contributed by atoms with Crippen LogP contribution in [-0.2, 0) is 9.59 Å². The number of amides is 2. The molecule has 1 unspecified atom stereocenters. The number of para-hydroxylation sites is 1. The van der Waals surface area contributed by atoms with Crippen molar-refractivity contribution < 1.29 is 14.3 Å². The van der Waals surface area contributed by atoms with Crippen molar-refractivity contribution in [1.82, 2.24) is 9.78 Å². The number of hydrogen-bond acceptors (Lipinski definition) is 4. The number of rotatable bonds is 7. The van der Waals surface area contributed by atoms with Crippen LogP contribution >= 0.6 is 11.6 Å². The van der Waals surface area contributed by atoms with Gasteiger partial charge in [0.15, 0.2) is 0 Å². The number of methoxy groups -OCH3 is 1. The van der Waals surface area contributed by atoms with E-state index in [-0.39, 0.29) is 11.8 Å². The fourth-order valence-electron chi connectivity index (χ4n) is 3.50. The van der Waals surface area contributed by atoms with Crippen molar-refractivity contribution in [2.75, 3.05) is 17.7 Å². The molecule has 1 heterocycles. The van der Waals surface area contributed by atoms with Crippen molar-refractivity contribution in [2.45, 2.75) is 33.7 Å². The molecule has 0 aliphatic carbocycles. The second-order valence-corrected chi connectivity index (χ2v) is 8.16. The summed E-state index contributed by atoms with van der Waals surface area (Å²) in [5.74, 6) is 0.150. The summed E-state index contributed by atoms with van der Waals surface area (Å²) >= 11 is 6.36. The molecule has 2 aromatic carbocycles. The summed E-state index contributed by atoms with van der Waals surface area (Å²) in [5.41, 5.74) is 4.31. The van der Waals surface area contributed by atoms with Crippen molar-refractivity contribution >= 4 is 40.4 Å². The maximum Gasteiger partial charge on any atom is 0.248 e. The van der Waals surface area contributed by atoms with Crippen LogP contribution in [0.25, 0.3) is 5.57 Å². The minimum Gasteiger partial charge on any atom is -0.496 e. The number of carbonyl (C=O) groups is 2. The molecule has 7 nitrogen and oxygen atoms in total. The molecule has 0 radical (unpaired) electrons. The number of nitrogens with zero attached hydrogens (tertiary/aromatic N) is 2. The Kier molecular flexibility index (Phi) is 7.55. The van der Waals surface area contributed by atoms with Crippen LogP contribution in [0, 0.1) is 13.8 Å². The molecule has 172 valence electrons. The lowest BCUT2D eigenvalue weighted by Crippen LogP contribution is -2.25. The van der Waals surface area contributed by atoms with Gasteiger partial charge in [-0.3, -0.25) is 14.3 Å². The third kappa shape index (κ3) is 5.81. The van der Waals surface area contributed by atoms with Crippen molar-refractivity contribution in [2.24, 2.45) is 0 Å². The van der Waals surface area contributed by atoms with E-state index in [2.05, 4.69) is 15.7 Å². The number of aryl methyl sites for hydroxylation is 2. The van der Waals surface area contributed by atoms with E-state index in [0.29, 0.717) is 22.1 Å². The van der Waals surface area contributed by atoms with Crippen LogP contribution in [0.2, 0.25) is 5.02 Å². The van der Waals surface area contributed by atoms with Gasteiger partial charge < -0.3 is 15.4 Å². The summed E-state index contributed by atoms with van der Waals surface area (Å²) in [6, 6.07) is 13.8. The standard InChI is InChI=1S/C25H27ClN4O3/c1-15(20-8-6-7-9-23(20)33-5)12-24(31)27-19-10-11-22(21(26)14-19)28-25(32)18(4)30-17(3)13-16(2)29-30/h6-14,18H,1-5H3,(H,27,31)(H,28,32). The number of anilines is 2. The van der Waals surface area contributed by atoms with E-state index in [4.69, 9.17) is 16.3 Å². The number of halogens is 1. The molecule has 0 spiro atoms. The minimum atomic E-state index is -0.503. The molecule has 3 aromatic rings. The Morgan fingerprint density at radius 1 is 1.12 bits per heavy atom. The molecule has 0 aliphatic heterocycles. The van der Waals surface area contributed by atoms with Gasteiger partial charge in [-0.05, 0) is 63.6 Å². The summed E-state index contributed by atoms with van der Waals surface area (Å²) in [7, 11) is 1.59. The number of ether oxygens (including phenoxy) is 1. The third-order valence-corrected chi connectivity index (χ3v) is 5.48. The van der Waals surface area contributed by atoms with E-state index in [1.165, 1.54) is 6.08 Å². The highest BCUT2D eigenvalue weighted by Crippen LogP contribution is 2.28. The molecule has 1 atom stereocenters. The Morgan fingerprint density at radius 2 is 1.85 bits per heavy atom. The molecule has 33 heavy (non-hydrogen) atoms. The van der Waals surface area contributed by atoms with E-state index >= 15 is 0 Å². The van der Waals surface area contributed by atoms with Gasteiger partial charge in [-0.25, -0.2) is 0 Å². The number of allylic oxidation sites excluding steroid dienone is 1. The van der Waals surface area contributed by atoms with E-state index < -0.39 is 6.04 Å². The van der Waals surface area contributed by atoms with Crippen molar-refractivity contribution in [3.8, 4) is 5.75 Å². The highest BCUT2D eigenvalue weighted by molar-refractivity contribution is 6.34. The first-order valence-electron chi connectivity index (χ1n) is 10.5. The summed E-state index contributed by atoms with van der Waals surface area (Å²) in [5, 5.41) is 10.3. The maximum atomic E-state index is 12.7. The number of hydrogen-bond donors (Lipinski definition) is 2. The molecule has 3 rings (SSSR count). The maximum absolute atomic E-state index is 12.7. The van der Waals surface area contributed by atoms with Gasteiger partial charge in [0.1, 0.15) is 11.8 Å². The van der Waals surface area contributed by atoms with Crippen LogP contribution in [0.5, 0.6) is 5.75 Å². The predicted molar refractivity (Wildman–Crippen MR) is 132 cm³/mol. The highest BCUT2D eigenvalue weighted by atomic mass is 35.5. The summed E-state index contributed by atoms with van der Waals surface area (Å²) in [6.07, 6.45) is 1.50. The minimum absolute atomic E-state index is 0.241. The highest BCUT2D eigenvalue weighted by Gasteiger charge is 2.19. The average Bonchev–Trinajstić information content (AvgIpc) is 3.12. The smallest absolute Gasteiger partial charge is 0.248 e. The summed E-state index contributed by atoms with van der Waals surface area (Å²) in [4.78, 5) is 25.2. The number of benzene rings is 2. The monoisotopic (exact) mass is 466 g/mol. The molecule has 2 amide bonds. The second-order valence-electron chi connectivity index (χ2n) is 7.75. The number of carbonyl (C=O) groups excluding carboxylic acids is 2. The lowest BCUT2D eigenvalue weighted by molar-refractivity contribution is -0.119. The van der Waals surface area contributed by atoms with Crippen molar-refractivity contribution in [1.29, 1.82) is 0 Å². The van der Waals surface area contributed by atoms with E-state index in [1.54, 1.807) is 36.9 Å². The van der Waals surface area contributed by atoms with Gasteiger partial charge in [-0.15, -0.1) is 0 Å². The molecule has 0 saturated heterocycles. The molecule has 8 heteroatoms. The molecule has 1 aromatic heterocycles. The van der Waals surface area contributed by atoms with Crippen molar-refractivity contribution in [3.63, 3.8) is 0 Å². The first-order valence-corrected chi connectivity index (χ1v) is 10.8. The van der Waals surface area contributed by atoms with Crippen LogP contribution < -0.4 is 15.4 Å². The fraction of sp³-hybridized carbons (Fsp3) is 0.240. The topological polar surface area (TPSA) is 85.3 Å². The van der Waals surface area contributed by atoms with E-state index in [1.807, 2.05) is 51.1 Å². The Balaban J connectivity index is 1.68. The number of nitrogens with one attached hydrogen (secondary N) is 2. The lowest BCUT2D eigenvalue weighted by atomic mass is 10.1. The zero-order valence-electron chi connectivity index (χ0n) is 19.3. The van der Waals surface area contributed by atoms with Gasteiger partial charge in [0.05, 0.1) is 23.5 Å².